The van der Waals surface area contributed by atoms with E-state index in [0.717, 1.165) is 61.7 Å². The summed E-state index contributed by atoms with van der Waals surface area (Å²) in [4.78, 5) is 28.8. The van der Waals surface area contributed by atoms with Gasteiger partial charge in [-0.1, -0.05) is 19.3 Å². The maximum Gasteiger partial charge on any atom is 0.224 e. The summed E-state index contributed by atoms with van der Waals surface area (Å²) in [6.07, 6.45) is 11.1. The average molecular weight is 408 g/mol. The summed E-state index contributed by atoms with van der Waals surface area (Å²) in [5.74, 6) is 1.39. The standard InChI is InChI=1S/C24H33N5O/c1-17-22(14-23(30)28-21-6-4-3-5-7-21)18(2)27-24(26-17)20-10-13-29(16-20)15-19-8-11-25-12-9-19/h8-9,11-12,20-21H,3-7,10,13-16H2,1-2H3,(H,28,30)/t20-/m1/s1. The molecule has 1 aliphatic heterocycles. The molecule has 6 nitrogen and oxygen atoms in total. The number of hydrogen-bond acceptors (Lipinski definition) is 5. The molecule has 1 aliphatic carbocycles. The minimum Gasteiger partial charge on any atom is -0.353 e. The number of nitrogens with zero attached hydrogens (tertiary/aromatic N) is 4. The fourth-order valence-corrected chi connectivity index (χ4v) is 4.82. The van der Waals surface area contributed by atoms with Crippen LogP contribution in [0.3, 0.4) is 0 Å². The molecule has 1 saturated carbocycles. The van der Waals surface area contributed by atoms with Gasteiger partial charge >= 0.3 is 0 Å². The van der Waals surface area contributed by atoms with Crippen molar-refractivity contribution in [2.75, 3.05) is 13.1 Å². The zero-order valence-electron chi connectivity index (χ0n) is 18.2. The Morgan fingerprint density at radius 1 is 1.07 bits per heavy atom. The van der Waals surface area contributed by atoms with Crippen molar-refractivity contribution in [1.29, 1.82) is 0 Å². The van der Waals surface area contributed by atoms with E-state index in [4.69, 9.17) is 9.97 Å². The number of aromatic nitrogens is 3. The molecule has 4 rings (SSSR count). The Morgan fingerprint density at radius 2 is 1.77 bits per heavy atom. The number of aryl methyl sites for hydroxylation is 2. The SMILES string of the molecule is Cc1nc([C@@H]2CCN(Cc3ccncc3)C2)nc(C)c1CC(=O)NC1CCCCC1. The van der Waals surface area contributed by atoms with Crippen LogP contribution in [0, 0.1) is 13.8 Å². The van der Waals surface area contributed by atoms with Crippen LogP contribution >= 0.6 is 0 Å². The van der Waals surface area contributed by atoms with Gasteiger partial charge in [-0.2, -0.15) is 0 Å². The second-order valence-electron chi connectivity index (χ2n) is 8.89. The van der Waals surface area contributed by atoms with Crippen molar-refractivity contribution in [3.05, 3.63) is 52.9 Å². The first-order valence-electron chi connectivity index (χ1n) is 11.3. The molecule has 2 fully saturated rings. The van der Waals surface area contributed by atoms with Crippen molar-refractivity contribution in [3.8, 4) is 0 Å². The summed E-state index contributed by atoms with van der Waals surface area (Å²) in [6, 6.07) is 4.49. The summed E-state index contributed by atoms with van der Waals surface area (Å²) in [5, 5.41) is 3.21. The first kappa shape index (κ1) is 20.9. The van der Waals surface area contributed by atoms with E-state index in [1.807, 2.05) is 26.2 Å². The third kappa shape index (κ3) is 5.22. The van der Waals surface area contributed by atoms with Crippen LogP contribution in [0.2, 0.25) is 0 Å². The number of pyridine rings is 1. The minimum absolute atomic E-state index is 0.105. The molecule has 2 aromatic heterocycles. The molecule has 6 heteroatoms. The van der Waals surface area contributed by atoms with Crippen LogP contribution in [-0.4, -0.2) is 44.9 Å². The Bertz CT molecular complexity index is 840. The second-order valence-corrected chi connectivity index (χ2v) is 8.89. The van der Waals surface area contributed by atoms with E-state index in [-0.39, 0.29) is 5.91 Å². The third-order valence-electron chi connectivity index (χ3n) is 6.54. The van der Waals surface area contributed by atoms with Gasteiger partial charge in [-0.15, -0.1) is 0 Å². The van der Waals surface area contributed by atoms with Crippen molar-refractivity contribution >= 4 is 5.91 Å². The third-order valence-corrected chi connectivity index (χ3v) is 6.54. The molecule has 1 N–H and O–H groups in total. The van der Waals surface area contributed by atoms with Crippen molar-refractivity contribution in [2.24, 2.45) is 0 Å². The van der Waals surface area contributed by atoms with Crippen molar-refractivity contribution in [1.82, 2.24) is 25.2 Å². The Kier molecular flexibility index (Phi) is 6.72. The second kappa shape index (κ2) is 9.65. The van der Waals surface area contributed by atoms with E-state index >= 15 is 0 Å². The number of hydrogen-bond donors (Lipinski definition) is 1. The van der Waals surface area contributed by atoms with E-state index in [1.165, 1.54) is 24.8 Å². The molecule has 2 aliphatic rings. The van der Waals surface area contributed by atoms with E-state index in [1.54, 1.807) is 0 Å². The molecule has 160 valence electrons. The lowest BCUT2D eigenvalue weighted by Gasteiger charge is -2.23. The number of rotatable bonds is 6. The van der Waals surface area contributed by atoms with Gasteiger partial charge in [-0.05, 0) is 57.4 Å². The van der Waals surface area contributed by atoms with Crippen molar-refractivity contribution < 1.29 is 4.79 Å². The molecule has 0 radical (unpaired) electrons. The van der Waals surface area contributed by atoms with Crippen molar-refractivity contribution in [3.63, 3.8) is 0 Å². The number of likely N-dealkylation sites (tertiary alicyclic amines) is 1. The molecule has 3 heterocycles. The van der Waals surface area contributed by atoms with Crippen molar-refractivity contribution in [2.45, 2.75) is 77.3 Å². The van der Waals surface area contributed by atoms with E-state index in [9.17, 15) is 4.79 Å². The highest BCUT2D eigenvalue weighted by Crippen LogP contribution is 2.27. The first-order valence-corrected chi connectivity index (χ1v) is 11.3. The van der Waals surface area contributed by atoms with Gasteiger partial charge in [0.2, 0.25) is 5.91 Å². The van der Waals surface area contributed by atoms with Crippen LogP contribution in [0.25, 0.3) is 0 Å². The van der Waals surface area contributed by atoms with Gasteiger partial charge in [-0.3, -0.25) is 14.7 Å². The lowest BCUT2D eigenvalue weighted by Crippen LogP contribution is -2.37. The molecule has 0 spiro atoms. The molecular weight excluding hydrogens is 374 g/mol. The summed E-state index contributed by atoms with van der Waals surface area (Å²) in [7, 11) is 0. The minimum atomic E-state index is 0.105. The molecule has 0 aromatic carbocycles. The topological polar surface area (TPSA) is 71.0 Å². The van der Waals surface area contributed by atoms with Crippen LogP contribution < -0.4 is 5.32 Å². The smallest absolute Gasteiger partial charge is 0.224 e. The predicted octanol–water partition coefficient (Wildman–Crippen LogP) is 3.47. The molecule has 1 atom stereocenters. The molecule has 1 saturated heterocycles. The lowest BCUT2D eigenvalue weighted by molar-refractivity contribution is -0.121. The van der Waals surface area contributed by atoms with Crippen LogP contribution in [-0.2, 0) is 17.8 Å². The molecular formula is C24H33N5O. The number of carbonyl (C=O) groups is 1. The van der Waals surface area contributed by atoms with Gasteiger partial charge in [0.25, 0.3) is 0 Å². The molecule has 0 bridgehead atoms. The summed E-state index contributed by atoms with van der Waals surface area (Å²) in [6.45, 7) is 7.01. The largest absolute Gasteiger partial charge is 0.353 e. The highest BCUT2D eigenvalue weighted by atomic mass is 16.1. The van der Waals surface area contributed by atoms with E-state index in [2.05, 4.69) is 27.3 Å². The van der Waals surface area contributed by atoms with Gasteiger partial charge in [0, 0.05) is 54.4 Å². The van der Waals surface area contributed by atoms with Crippen LogP contribution in [0.4, 0.5) is 0 Å². The van der Waals surface area contributed by atoms with Gasteiger partial charge < -0.3 is 5.32 Å². The first-order chi connectivity index (χ1) is 14.6. The Morgan fingerprint density at radius 3 is 2.47 bits per heavy atom. The normalized spacial score (nSPS) is 20.4. The predicted molar refractivity (Wildman–Crippen MR) is 117 cm³/mol. The summed E-state index contributed by atoms with van der Waals surface area (Å²) < 4.78 is 0. The van der Waals surface area contributed by atoms with Gasteiger partial charge in [0.15, 0.2) is 0 Å². The van der Waals surface area contributed by atoms with Crippen LogP contribution in [0.15, 0.2) is 24.5 Å². The van der Waals surface area contributed by atoms with Gasteiger partial charge in [0.1, 0.15) is 5.82 Å². The maximum atomic E-state index is 12.6. The Hall–Kier alpha value is -2.34. The van der Waals surface area contributed by atoms with E-state index < -0.39 is 0 Å². The van der Waals surface area contributed by atoms with Crippen LogP contribution in [0.5, 0.6) is 0 Å². The van der Waals surface area contributed by atoms with Gasteiger partial charge in [-0.25, -0.2) is 9.97 Å². The van der Waals surface area contributed by atoms with Gasteiger partial charge in [0.05, 0.1) is 6.42 Å². The molecule has 0 unspecified atom stereocenters. The summed E-state index contributed by atoms with van der Waals surface area (Å²) >= 11 is 0. The average Bonchev–Trinajstić information content (AvgIpc) is 3.20. The number of amides is 1. The fourth-order valence-electron chi connectivity index (χ4n) is 4.82. The van der Waals surface area contributed by atoms with E-state index in [0.29, 0.717) is 18.4 Å². The summed E-state index contributed by atoms with van der Waals surface area (Å²) in [5.41, 5.74) is 4.17. The zero-order chi connectivity index (χ0) is 20.9. The van der Waals surface area contributed by atoms with Crippen LogP contribution in [0.1, 0.15) is 72.8 Å². The number of nitrogens with one attached hydrogen (secondary N) is 1. The molecule has 1 amide bonds. The highest BCUT2D eigenvalue weighted by Gasteiger charge is 2.27. The molecule has 2 aromatic rings. The Balaban J connectivity index is 1.37. The Labute approximate surface area is 179 Å². The molecule has 30 heavy (non-hydrogen) atoms. The quantitative estimate of drug-likeness (QED) is 0.794. The fraction of sp³-hybridized carbons (Fsp3) is 0.583. The highest BCUT2D eigenvalue weighted by molar-refractivity contribution is 5.79. The monoisotopic (exact) mass is 407 g/mol. The maximum absolute atomic E-state index is 12.6. The number of carbonyl (C=O) groups excluding carboxylic acids is 1. The lowest BCUT2D eigenvalue weighted by atomic mass is 9.95. The zero-order valence-corrected chi connectivity index (χ0v) is 18.2.